The first-order valence-corrected chi connectivity index (χ1v) is 8.54. The van der Waals surface area contributed by atoms with Crippen LogP contribution in [0.5, 0.6) is 0 Å². The third-order valence-corrected chi connectivity index (χ3v) is 5.21. The predicted molar refractivity (Wildman–Crippen MR) is 81.1 cm³/mol. The molecule has 0 atom stereocenters. The summed E-state index contributed by atoms with van der Waals surface area (Å²) in [5.74, 6) is -0.296. The minimum Gasteiger partial charge on any atom is -0.341 e. The second kappa shape index (κ2) is 6.26. The highest BCUT2D eigenvalue weighted by Crippen LogP contribution is 2.32. The molecule has 2 saturated heterocycles. The third-order valence-electron chi connectivity index (χ3n) is 5.21. The Balaban J connectivity index is 1.68. The van der Waals surface area contributed by atoms with E-state index < -0.39 is 11.6 Å². The Bertz CT molecular complexity index is 463. The summed E-state index contributed by atoms with van der Waals surface area (Å²) >= 11 is 0. The van der Waals surface area contributed by atoms with E-state index in [2.05, 4.69) is 5.32 Å². The van der Waals surface area contributed by atoms with Crippen molar-refractivity contribution in [3.63, 3.8) is 0 Å². The molecule has 2 heterocycles. The first-order chi connectivity index (χ1) is 10.6. The Morgan fingerprint density at radius 2 is 1.55 bits per heavy atom. The Hall–Kier alpha value is -1.59. The molecule has 0 aromatic rings. The van der Waals surface area contributed by atoms with Gasteiger partial charge in [-0.1, -0.05) is 32.1 Å². The summed E-state index contributed by atoms with van der Waals surface area (Å²) in [7, 11) is 0. The lowest BCUT2D eigenvalue weighted by atomic mass is 9.84. The summed E-state index contributed by atoms with van der Waals surface area (Å²) in [6.07, 6.45) is 8.76. The standard InChI is InChI=1S/C16H25N3O3/c20-13(18-10-6-7-11-18)12-19-14(21)16(17-15(19)22)8-4-2-1-3-5-9-16/h1-12H2,(H,17,22). The summed E-state index contributed by atoms with van der Waals surface area (Å²) < 4.78 is 0. The van der Waals surface area contributed by atoms with Crippen molar-refractivity contribution in [1.29, 1.82) is 0 Å². The van der Waals surface area contributed by atoms with Crippen LogP contribution < -0.4 is 5.32 Å². The van der Waals surface area contributed by atoms with Crippen LogP contribution in [0.25, 0.3) is 0 Å². The number of imide groups is 1. The number of carbonyl (C=O) groups excluding carboxylic acids is 3. The Morgan fingerprint density at radius 3 is 2.18 bits per heavy atom. The second-order valence-corrected chi connectivity index (χ2v) is 6.76. The number of hydrogen-bond acceptors (Lipinski definition) is 3. The number of hydrogen-bond donors (Lipinski definition) is 1. The van der Waals surface area contributed by atoms with Crippen LogP contribution in [-0.4, -0.2) is 52.8 Å². The number of carbonyl (C=O) groups is 3. The fourth-order valence-corrected chi connectivity index (χ4v) is 3.87. The minimum absolute atomic E-state index is 0.105. The first-order valence-electron chi connectivity index (χ1n) is 8.54. The number of nitrogens with one attached hydrogen (secondary N) is 1. The van der Waals surface area contributed by atoms with Gasteiger partial charge in [0.05, 0.1) is 0 Å². The van der Waals surface area contributed by atoms with E-state index in [-0.39, 0.29) is 18.4 Å². The molecule has 2 aliphatic heterocycles. The molecule has 122 valence electrons. The molecule has 3 fully saturated rings. The van der Waals surface area contributed by atoms with E-state index in [4.69, 9.17) is 0 Å². The highest BCUT2D eigenvalue weighted by molar-refractivity contribution is 6.09. The zero-order chi connectivity index (χ0) is 15.6. The van der Waals surface area contributed by atoms with E-state index in [9.17, 15) is 14.4 Å². The smallest absolute Gasteiger partial charge is 0.325 e. The zero-order valence-electron chi connectivity index (χ0n) is 13.1. The van der Waals surface area contributed by atoms with Crippen LogP contribution in [0.1, 0.15) is 57.8 Å². The Labute approximate surface area is 131 Å². The number of likely N-dealkylation sites (tertiary alicyclic amines) is 1. The van der Waals surface area contributed by atoms with Gasteiger partial charge in [0.25, 0.3) is 5.91 Å². The van der Waals surface area contributed by atoms with Crippen molar-refractivity contribution in [2.45, 2.75) is 63.3 Å². The lowest BCUT2D eigenvalue weighted by molar-refractivity contribution is -0.138. The minimum atomic E-state index is -0.747. The predicted octanol–water partition coefficient (Wildman–Crippen LogP) is 1.64. The molecule has 1 aliphatic carbocycles. The van der Waals surface area contributed by atoms with E-state index in [1.165, 1.54) is 6.42 Å². The highest BCUT2D eigenvalue weighted by Gasteiger charge is 2.51. The van der Waals surface area contributed by atoms with Crippen LogP contribution in [0.2, 0.25) is 0 Å². The molecule has 4 amide bonds. The molecule has 0 aromatic heterocycles. The van der Waals surface area contributed by atoms with E-state index >= 15 is 0 Å². The average Bonchev–Trinajstić information content (AvgIpc) is 3.07. The number of urea groups is 1. The van der Waals surface area contributed by atoms with Crippen molar-refractivity contribution in [2.24, 2.45) is 0 Å². The molecule has 0 aromatic carbocycles. The lowest BCUT2D eigenvalue weighted by Gasteiger charge is -2.28. The summed E-state index contributed by atoms with van der Waals surface area (Å²) in [6, 6.07) is -0.391. The Kier molecular flexibility index (Phi) is 4.36. The maximum atomic E-state index is 12.8. The molecule has 0 bridgehead atoms. The van der Waals surface area contributed by atoms with Gasteiger partial charge >= 0.3 is 6.03 Å². The van der Waals surface area contributed by atoms with Crippen LogP contribution in [0.15, 0.2) is 0 Å². The molecular weight excluding hydrogens is 282 g/mol. The largest absolute Gasteiger partial charge is 0.341 e. The summed E-state index contributed by atoms with van der Waals surface area (Å²) in [5, 5.41) is 2.90. The van der Waals surface area contributed by atoms with Gasteiger partial charge in [-0.05, 0) is 25.7 Å². The molecule has 22 heavy (non-hydrogen) atoms. The van der Waals surface area contributed by atoms with Gasteiger partial charge in [-0.2, -0.15) is 0 Å². The van der Waals surface area contributed by atoms with Crippen LogP contribution in [0.4, 0.5) is 4.79 Å². The van der Waals surface area contributed by atoms with Crippen molar-refractivity contribution >= 4 is 17.8 Å². The summed E-state index contributed by atoms with van der Waals surface area (Å²) in [6.45, 7) is 1.38. The zero-order valence-corrected chi connectivity index (χ0v) is 13.1. The third kappa shape index (κ3) is 2.83. The maximum Gasteiger partial charge on any atom is 0.325 e. The van der Waals surface area contributed by atoms with Crippen molar-refractivity contribution in [3.8, 4) is 0 Å². The fraction of sp³-hybridized carbons (Fsp3) is 0.812. The molecule has 0 unspecified atom stereocenters. The van der Waals surface area contributed by atoms with Crippen molar-refractivity contribution in [3.05, 3.63) is 0 Å². The van der Waals surface area contributed by atoms with Gasteiger partial charge in [0.1, 0.15) is 12.1 Å². The summed E-state index contributed by atoms with van der Waals surface area (Å²) in [4.78, 5) is 40.1. The van der Waals surface area contributed by atoms with Gasteiger partial charge in [0, 0.05) is 13.1 Å². The van der Waals surface area contributed by atoms with Crippen LogP contribution >= 0.6 is 0 Å². The quantitative estimate of drug-likeness (QED) is 0.789. The lowest BCUT2D eigenvalue weighted by Crippen LogP contribution is -2.48. The molecule has 1 spiro atoms. The van der Waals surface area contributed by atoms with Crippen LogP contribution in [0, 0.1) is 0 Å². The molecule has 3 aliphatic rings. The van der Waals surface area contributed by atoms with Crippen LogP contribution in [-0.2, 0) is 9.59 Å². The van der Waals surface area contributed by atoms with Crippen molar-refractivity contribution in [2.75, 3.05) is 19.6 Å². The Morgan fingerprint density at radius 1 is 0.955 bits per heavy atom. The molecule has 1 N–H and O–H groups in total. The van der Waals surface area contributed by atoms with E-state index in [0.717, 1.165) is 56.5 Å². The molecule has 3 rings (SSSR count). The highest BCUT2D eigenvalue weighted by atomic mass is 16.2. The summed E-state index contributed by atoms with van der Waals surface area (Å²) in [5.41, 5.74) is -0.747. The van der Waals surface area contributed by atoms with E-state index in [1.807, 2.05) is 0 Å². The van der Waals surface area contributed by atoms with Gasteiger partial charge in [0.2, 0.25) is 5.91 Å². The monoisotopic (exact) mass is 307 g/mol. The van der Waals surface area contributed by atoms with E-state index in [1.54, 1.807) is 4.90 Å². The fourth-order valence-electron chi connectivity index (χ4n) is 3.87. The van der Waals surface area contributed by atoms with Crippen molar-refractivity contribution < 1.29 is 14.4 Å². The molecule has 1 saturated carbocycles. The number of amides is 4. The molecule has 6 heteroatoms. The topological polar surface area (TPSA) is 69.7 Å². The second-order valence-electron chi connectivity index (χ2n) is 6.76. The molecule has 0 radical (unpaired) electrons. The van der Waals surface area contributed by atoms with Gasteiger partial charge < -0.3 is 10.2 Å². The van der Waals surface area contributed by atoms with E-state index in [0.29, 0.717) is 12.8 Å². The van der Waals surface area contributed by atoms with Gasteiger partial charge in [-0.15, -0.1) is 0 Å². The van der Waals surface area contributed by atoms with Gasteiger partial charge in [-0.25, -0.2) is 4.79 Å². The van der Waals surface area contributed by atoms with Gasteiger partial charge in [-0.3, -0.25) is 14.5 Å². The maximum absolute atomic E-state index is 12.8. The number of nitrogens with zero attached hydrogens (tertiary/aromatic N) is 2. The SMILES string of the molecule is O=C(CN1C(=O)NC2(CCCCCCC2)C1=O)N1CCCC1. The van der Waals surface area contributed by atoms with Crippen LogP contribution in [0.3, 0.4) is 0 Å². The number of rotatable bonds is 2. The first kappa shape index (κ1) is 15.3. The molecular formula is C16H25N3O3. The average molecular weight is 307 g/mol. The normalized spacial score (nSPS) is 25.3. The van der Waals surface area contributed by atoms with Crippen molar-refractivity contribution in [1.82, 2.24) is 15.1 Å². The van der Waals surface area contributed by atoms with Gasteiger partial charge in [0.15, 0.2) is 0 Å². The molecule has 6 nitrogen and oxygen atoms in total.